The van der Waals surface area contributed by atoms with E-state index >= 15 is 0 Å². The van der Waals surface area contributed by atoms with Gasteiger partial charge in [-0.15, -0.1) is 0 Å². The Bertz CT molecular complexity index is 1140. The topological polar surface area (TPSA) is 55.8 Å². The Morgan fingerprint density at radius 1 is 0.875 bits per heavy atom. The van der Waals surface area contributed by atoms with Crippen LogP contribution in [0.1, 0.15) is 81.2 Å². The summed E-state index contributed by atoms with van der Waals surface area (Å²) in [6.45, 7) is 11.0. The first-order chi connectivity index (χ1) is 18.5. The van der Waals surface area contributed by atoms with Gasteiger partial charge in [0, 0.05) is 12.3 Å². The Labute approximate surface area is 231 Å². The van der Waals surface area contributed by atoms with E-state index in [2.05, 4.69) is 0 Å². The number of carbonyl (C=O) groups is 1. The molecule has 0 saturated heterocycles. The lowest BCUT2D eigenvalue weighted by atomic mass is 9.69. The first-order valence-electron chi connectivity index (χ1n) is 13.3. The Morgan fingerprint density at radius 2 is 1.40 bits per heavy atom. The number of rotatable bonds is 12. The zero-order chi connectivity index (χ0) is 30.5. The van der Waals surface area contributed by atoms with Crippen LogP contribution in [-0.4, -0.2) is 41.7 Å². The summed E-state index contributed by atoms with van der Waals surface area (Å²) in [6.07, 6.45) is -12.2. The van der Waals surface area contributed by atoms with Gasteiger partial charge in [0.25, 0.3) is 5.60 Å². The van der Waals surface area contributed by atoms with Crippen molar-refractivity contribution in [1.29, 1.82) is 0 Å². The molecule has 224 valence electrons. The van der Waals surface area contributed by atoms with Crippen LogP contribution in [0.3, 0.4) is 0 Å². The molecule has 0 aromatic heterocycles. The second-order valence-corrected chi connectivity index (χ2v) is 10.2. The van der Waals surface area contributed by atoms with Gasteiger partial charge in [0.15, 0.2) is 0 Å². The van der Waals surface area contributed by atoms with Crippen molar-refractivity contribution >= 4 is 5.97 Å². The summed E-state index contributed by atoms with van der Waals surface area (Å²) in [5, 5.41) is 9.53. The Balaban J connectivity index is 2.35. The third-order valence-electron chi connectivity index (χ3n) is 7.74. The minimum absolute atomic E-state index is 0.210. The van der Waals surface area contributed by atoms with Gasteiger partial charge in [0.1, 0.15) is 18.5 Å². The number of esters is 1. The van der Waals surface area contributed by atoms with E-state index < -0.39 is 36.2 Å². The maximum atomic E-state index is 13.1. The molecule has 4 nitrogen and oxygen atoms in total. The maximum Gasteiger partial charge on any atom is 0.426 e. The molecular weight excluding hydrogens is 538 g/mol. The third kappa shape index (κ3) is 7.11. The van der Waals surface area contributed by atoms with E-state index in [1.165, 1.54) is 6.92 Å². The van der Waals surface area contributed by atoms with Crippen molar-refractivity contribution in [2.24, 2.45) is 0 Å². The molecular formula is C30H38F6O4. The molecule has 1 atom stereocenters. The second kappa shape index (κ2) is 12.8. The number of ether oxygens (including phenoxy) is 2. The molecule has 0 aliphatic heterocycles. The lowest BCUT2D eigenvalue weighted by molar-refractivity contribution is -0.369. The van der Waals surface area contributed by atoms with Crippen molar-refractivity contribution in [1.82, 2.24) is 0 Å². The summed E-state index contributed by atoms with van der Waals surface area (Å²) >= 11 is 0. The largest absolute Gasteiger partial charge is 0.489 e. The van der Waals surface area contributed by atoms with Crippen LogP contribution in [-0.2, 0) is 21.4 Å². The highest BCUT2D eigenvalue weighted by molar-refractivity contribution is 5.66. The Morgan fingerprint density at radius 3 is 1.82 bits per heavy atom. The normalized spacial score (nSPS) is 13.7. The molecule has 0 radical (unpaired) electrons. The molecule has 0 amide bonds. The lowest BCUT2D eigenvalue weighted by Gasteiger charge is -2.35. The number of benzene rings is 2. The van der Waals surface area contributed by atoms with Gasteiger partial charge in [-0.3, -0.25) is 4.79 Å². The van der Waals surface area contributed by atoms with Crippen LogP contribution in [0, 0.1) is 13.8 Å². The summed E-state index contributed by atoms with van der Waals surface area (Å²) < 4.78 is 89.9. The molecule has 0 fully saturated rings. The van der Waals surface area contributed by atoms with Gasteiger partial charge in [-0.1, -0.05) is 51.1 Å². The molecule has 1 N–H and O–H groups in total. The van der Waals surface area contributed by atoms with E-state index in [9.17, 15) is 36.2 Å². The van der Waals surface area contributed by atoms with Crippen LogP contribution in [0.4, 0.5) is 26.3 Å². The molecule has 0 aliphatic carbocycles. The van der Waals surface area contributed by atoms with Crippen molar-refractivity contribution in [3.05, 3.63) is 64.2 Å². The van der Waals surface area contributed by atoms with E-state index in [4.69, 9.17) is 9.47 Å². The fourth-order valence-electron chi connectivity index (χ4n) is 5.03. The van der Waals surface area contributed by atoms with E-state index in [1.807, 2.05) is 45.9 Å². The zero-order valence-electron chi connectivity index (χ0n) is 23.7. The molecule has 40 heavy (non-hydrogen) atoms. The molecule has 0 heterocycles. The summed E-state index contributed by atoms with van der Waals surface area (Å²) in [5.41, 5.74) is -1.65. The first-order valence-corrected chi connectivity index (χ1v) is 13.3. The van der Waals surface area contributed by atoms with E-state index in [0.717, 1.165) is 16.7 Å². The quantitative estimate of drug-likeness (QED) is 0.206. The van der Waals surface area contributed by atoms with E-state index in [-0.39, 0.29) is 18.7 Å². The molecule has 10 heteroatoms. The van der Waals surface area contributed by atoms with E-state index in [1.54, 1.807) is 25.1 Å². The number of alkyl halides is 6. The molecule has 0 saturated carbocycles. The maximum absolute atomic E-state index is 13.1. The van der Waals surface area contributed by atoms with Gasteiger partial charge in [0.2, 0.25) is 0 Å². The monoisotopic (exact) mass is 576 g/mol. The second-order valence-electron chi connectivity index (χ2n) is 10.2. The number of halogens is 6. The molecule has 2 aromatic carbocycles. The smallest absolute Gasteiger partial charge is 0.426 e. The minimum atomic E-state index is -5.84. The van der Waals surface area contributed by atoms with Crippen LogP contribution in [0.2, 0.25) is 0 Å². The van der Waals surface area contributed by atoms with Crippen LogP contribution < -0.4 is 4.74 Å². The highest BCUT2D eigenvalue weighted by Crippen LogP contribution is 2.46. The van der Waals surface area contributed by atoms with Crippen LogP contribution in [0.5, 0.6) is 5.75 Å². The molecule has 0 aliphatic rings. The van der Waals surface area contributed by atoms with Crippen LogP contribution in [0.15, 0.2) is 36.4 Å². The van der Waals surface area contributed by atoms with Gasteiger partial charge in [0.05, 0.1) is 0 Å². The van der Waals surface area contributed by atoms with Crippen molar-refractivity contribution in [2.75, 3.05) is 6.61 Å². The fourth-order valence-corrected chi connectivity index (χ4v) is 5.03. The van der Waals surface area contributed by atoms with Gasteiger partial charge in [-0.2, -0.15) is 26.3 Å². The highest BCUT2D eigenvalue weighted by atomic mass is 19.4. The van der Waals surface area contributed by atoms with Crippen molar-refractivity contribution < 1.29 is 45.7 Å². The summed E-state index contributed by atoms with van der Waals surface area (Å²) in [5.74, 6) is 0.264. The predicted octanol–water partition coefficient (Wildman–Crippen LogP) is 7.92. The predicted molar refractivity (Wildman–Crippen MR) is 140 cm³/mol. The minimum Gasteiger partial charge on any atom is -0.489 e. The summed E-state index contributed by atoms with van der Waals surface area (Å²) in [7, 11) is 0. The summed E-state index contributed by atoms with van der Waals surface area (Å²) in [6, 6.07) is 10.9. The molecule has 1 unspecified atom stereocenters. The third-order valence-corrected chi connectivity index (χ3v) is 7.74. The number of hydrogen-bond donors (Lipinski definition) is 1. The Hall–Kier alpha value is -2.75. The average molecular weight is 577 g/mol. The van der Waals surface area contributed by atoms with Crippen LogP contribution >= 0.6 is 0 Å². The van der Waals surface area contributed by atoms with Crippen molar-refractivity contribution in [3.63, 3.8) is 0 Å². The van der Waals surface area contributed by atoms with Gasteiger partial charge < -0.3 is 14.6 Å². The molecule has 0 spiro atoms. The molecule has 0 bridgehead atoms. The fraction of sp³-hybridized carbons (Fsp3) is 0.567. The Kier molecular flexibility index (Phi) is 10.7. The first kappa shape index (κ1) is 33.5. The number of aliphatic hydroxyl groups is 1. The van der Waals surface area contributed by atoms with Crippen LogP contribution in [0.25, 0.3) is 0 Å². The van der Waals surface area contributed by atoms with Crippen molar-refractivity contribution in [3.8, 4) is 5.75 Å². The molecule has 2 aromatic rings. The van der Waals surface area contributed by atoms with Gasteiger partial charge in [-0.25, -0.2) is 0 Å². The summed E-state index contributed by atoms with van der Waals surface area (Å²) in [4.78, 5) is 11.3. The SMILES string of the molecule is CCC(COc1ccc(C(CC)(CC)c2ccc(CCC(O)(C(F)(F)F)C(F)(F)F)c(C)c2)cc1C)OC(C)=O. The van der Waals surface area contributed by atoms with Crippen molar-refractivity contribution in [2.45, 2.75) is 103 Å². The number of hydrogen-bond acceptors (Lipinski definition) is 4. The average Bonchev–Trinajstić information content (AvgIpc) is 2.86. The standard InChI is InChI=1S/C30H38F6O4/c1-7-25(40-21(6)37)18-39-26-13-12-24(17-20(26)5)27(8-2,9-3)23-11-10-22(19(4)16-23)14-15-28(38,29(31,32)33)30(34,35)36/h10-13,16-17,25,38H,7-9,14-15,18H2,1-6H3. The number of aryl methyl sites for hydroxylation is 3. The highest BCUT2D eigenvalue weighted by Gasteiger charge is 2.69. The number of carbonyl (C=O) groups excluding carboxylic acids is 1. The zero-order valence-corrected chi connectivity index (χ0v) is 23.7. The van der Waals surface area contributed by atoms with E-state index in [0.29, 0.717) is 36.1 Å². The lowest BCUT2D eigenvalue weighted by Crippen LogP contribution is -2.57. The van der Waals surface area contributed by atoms with Gasteiger partial charge >= 0.3 is 18.3 Å². The molecule has 2 rings (SSSR count). The van der Waals surface area contributed by atoms with Gasteiger partial charge in [-0.05, 0) is 79.8 Å².